The summed E-state index contributed by atoms with van der Waals surface area (Å²) in [5.41, 5.74) is 4.37. The lowest BCUT2D eigenvalue weighted by Gasteiger charge is -2.03. The van der Waals surface area contributed by atoms with Crippen LogP contribution in [0.1, 0.15) is 22.6 Å². The van der Waals surface area contributed by atoms with Crippen molar-refractivity contribution in [3.8, 4) is 0 Å². The van der Waals surface area contributed by atoms with Gasteiger partial charge in [0.15, 0.2) is 0 Å². The minimum Gasteiger partial charge on any atom is -0.416 e. The number of carbonyl (C=O) groups is 1. The van der Waals surface area contributed by atoms with Gasteiger partial charge in [0.25, 0.3) is 5.22 Å². The molecule has 0 fully saturated rings. The van der Waals surface area contributed by atoms with Gasteiger partial charge in [-0.05, 0) is 54.8 Å². The van der Waals surface area contributed by atoms with Crippen molar-refractivity contribution in [2.45, 2.75) is 25.5 Å². The number of rotatable bonds is 6. The number of aromatic nitrogens is 2. The molecule has 5 nitrogen and oxygen atoms in total. The first kappa shape index (κ1) is 18.7. The first-order valence-electron chi connectivity index (χ1n) is 8.06. The van der Waals surface area contributed by atoms with Crippen LogP contribution in [0.3, 0.4) is 0 Å². The quantitative estimate of drug-likeness (QED) is 0.569. The Hall–Kier alpha value is -2.12. The predicted molar refractivity (Wildman–Crippen MR) is 107 cm³/mol. The smallest absolute Gasteiger partial charge is 0.277 e. The number of hydrogen-bond acceptors (Lipinski definition) is 5. The van der Waals surface area contributed by atoms with E-state index in [0.29, 0.717) is 17.5 Å². The van der Waals surface area contributed by atoms with Crippen molar-refractivity contribution in [3.63, 3.8) is 0 Å². The number of aryl methyl sites for hydroxylation is 2. The molecular formula is C19H18BrN3O2S. The molecule has 0 saturated carbocycles. The van der Waals surface area contributed by atoms with Gasteiger partial charge in [-0.2, -0.15) is 0 Å². The molecule has 1 heterocycles. The molecule has 0 aliphatic rings. The maximum atomic E-state index is 12.0. The van der Waals surface area contributed by atoms with Gasteiger partial charge >= 0.3 is 0 Å². The Morgan fingerprint density at radius 1 is 1.12 bits per heavy atom. The molecule has 2 aromatic carbocycles. The lowest BCUT2D eigenvalue weighted by molar-refractivity contribution is -0.113. The summed E-state index contributed by atoms with van der Waals surface area (Å²) in [6.45, 7) is 4.16. The molecule has 0 radical (unpaired) electrons. The zero-order valence-electron chi connectivity index (χ0n) is 14.5. The van der Waals surface area contributed by atoms with Crippen LogP contribution in [-0.4, -0.2) is 21.9 Å². The van der Waals surface area contributed by atoms with Crippen LogP contribution in [0.15, 0.2) is 56.6 Å². The van der Waals surface area contributed by atoms with Crippen molar-refractivity contribution < 1.29 is 9.21 Å². The number of benzene rings is 2. The van der Waals surface area contributed by atoms with E-state index >= 15 is 0 Å². The molecule has 0 unspecified atom stereocenters. The average Bonchev–Trinajstić information content (AvgIpc) is 3.06. The number of halogens is 1. The van der Waals surface area contributed by atoms with Crippen molar-refractivity contribution in [1.82, 2.24) is 10.2 Å². The molecule has 26 heavy (non-hydrogen) atoms. The van der Waals surface area contributed by atoms with Crippen LogP contribution in [0.4, 0.5) is 5.69 Å². The molecule has 1 N–H and O–H groups in total. The van der Waals surface area contributed by atoms with E-state index in [1.54, 1.807) is 0 Å². The fourth-order valence-corrected chi connectivity index (χ4v) is 3.16. The Morgan fingerprint density at radius 3 is 2.62 bits per heavy atom. The van der Waals surface area contributed by atoms with Gasteiger partial charge in [-0.15, -0.1) is 10.2 Å². The van der Waals surface area contributed by atoms with Gasteiger partial charge in [-0.3, -0.25) is 4.79 Å². The molecule has 0 spiro atoms. The number of thioether (sulfide) groups is 1. The molecule has 134 valence electrons. The highest BCUT2D eigenvalue weighted by molar-refractivity contribution is 9.10. The SMILES string of the molecule is Cc1ccc(Cc2nnc(SCC(=O)Nc3ccc(Br)cc3)o2)cc1C. The number of nitrogens with zero attached hydrogens (tertiary/aromatic N) is 2. The zero-order valence-corrected chi connectivity index (χ0v) is 16.9. The summed E-state index contributed by atoms with van der Waals surface area (Å²) in [6.07, 6.45) is 0.583. The summed E-state index contributed by atoms with van der Waals surface area (Å²) in [5.74, 6) is 0.636. The lowest BCUT2D eigenvalue weighted by atomic mass is 10.0. The predicted octanol–water partition coefficient (Wildman–Crippen LogP) is 4.77. The second-order valence-corrected chi connectivity index (χ2v) is 7.74. The summed E-state index contributed by atoms with van der Waals surface area (Å²) in [5, 5.41) is 11.3. The van der Waals surface area contributed by atoms with Gasteiger partial charge in [0, 0.05) is 10.2 Å². The van der Waals surface area contributed by atoms with Crippen LogP contribution in [0, 0.1) is 13.8 Å². The van der Waals surface area contributed by atoms with Gasteiger partial charge in [-0.1, -0.05) is 45.9 Å². The average molecular weight is 432 g/mol. The van der Waals surface area contributed by atoms with E-state index in [2.05, 4.69) is 63.5 Å². The van der Waals surface area contributed by atoms with Crippen LogP contribution in [0.2, 0.25) is 0 Å². The maximum absolute atomic E-state index is 12.0. The van der Waals surface area contributed by atoms with E-state index in [-0.39, 0.29) is 11.7 Å². The molecule has 0 atom stereocenters. The summed E-state index contributed by atoms with van der Waals surface area (Å²) >= 11 is 4.59. The van der Waals surface area contributed by atoms with Crippen molar-refractivity contribution in [2.75, 3.05) is 11.1 Å². The topological polar surface area (TPSA) is 68.0 Å². The first-order valence-corrected chi connectivity index (χ1v) is 9.84. The van der Waals surface area contributed by atoms with Crippen LogP contribution in [0.25, 0.3) is 0 Å². The number of amides is 1. The van der Waals surface area contributed by atoms with Crippen molar-refractivity contribution in [1.29, 1.82) is 0 Å². The minimum absolute atomic E-state index is 0.119. The molecule has 1 amide bonds. The largest absolute Gasteiger partial charge is 0.416 e. The monoisotopic (exact) mass is 431 g/mol. The Labute approximate surface area is 164 Å². The van der Waals surface area contributed by atoms with Crippen LogP contribution < -0.4 is 5.32 Å². The van der Waals surface area contributed by atoms with Crippen LogP contribution >= 0.6 is 27.7 Å². The summed E-state index contributed by atoms with van der Waals surface area (Å²) < 4.78 is 6.59. The van der Waals surface area contributed by atoms with Crippen molar-refractivity contribution >= 4 is 39.3 Å². The van der Waals surface area contributed by atoms with Gasteiger partial charge in [0.1, 0.15) is 0 Å². The van der Waals surface area contributed by atoms with E-state index < -0.39 is 0 Å². The normalized spacial score (nSPS) is 10.7. The summed E-state index contributed by atoms with van der Waals surface area (Å²) in [6, 6.07) is 13.7. The molecule has 0 bridgehead atoms. The van der Waals surface area contributed by atoms with Crippen LogP contribution in [-0.2, 0) is 11.2 Å². The minimum atomic E-state index is -0.119. The van der Waals surface area contributed by atoms with E-state index in [1.165, 1.54) is 22.9 Å². The van der Waals surface area contributed by atoms with Crippen molar-refractivity contribution in [3.05, 3.63) is 69.5 Å². The molecular weight excluding hydrogens is 414 g/mol. The Balaban J connectivity index is 1.52. The highest BCUT2D eigenvalue weighted by Gasteiger charge is 2.11. The zero-order chi connectivity index (χ0) is 18.5. The number of nitrogens with one attached hydrogen (secondary N) is 1. The highest BCUT2D eigenvalue weighted by atomic mass is 79.9. The number of anilines is 1. The number of carbonyl (C=O) groups excluding carboxylic acids is 1. The first-order chi connectivity index (χ1) is 12.5. The summed E-state index contributed by atoms with van der Waals surface area (Å²) in [7, 11) is 0. The van der Waals surface area contributed by atoms with Crippen LogP contribution in [0.5, 0.6) is 0 Å². The second-order valence-electron chi connectivity index (χ2n) is 5.90. The van der Waals surface area contributed by atoms with Gasteiger partial charge in [-0.25, -0.2) is 0 Å². The van der Waals surface area contributed by atoms with Crippen molar-refractivity contribution in [2.24, 2.45) is 0 Å². The maximum Gasteiger partial charge on any atom is 0.277 e. The number of hydrogen-bond donors (Lipinski definition) is 1. The standard InChI is InChI=1S/C19H18BrN3O2S/c1-12-3-4-14(9-13(12)2)10-18-22-23-19(25-18)26-11-17(24)21-16-7-5-15(20)6-8-16/h3-9H,10-11H2,1-2H3,(H,21,24). The Bertz CT molecular complexity index is 909. The Morgan fingerprint density at radius 2 is 1.88 bits per heavy atom. The van der Waals surface area contributed by atoms with E-state index in [1.807, 2.05) is 24.3 Å². The fourth-order valence-electron chi connectivity index (χ4n) is 2.31. The molecule has 7 heteroatoms. The third-order valence-corrected chi connectivity index (χ3v) is 5.18. The van der Waals surface area contributed by atoms with E-state index in [0.717, 1.165) is 15.7 Å². The van der Waals surface area contributed by atoms with Gasteiger partial charge in [0.2, 0.25) is 11.8 Å². The third-order valence-electron chi connectivity index (χ3n) is 3.83. The lowest BCUT2D eigenvalue weighted by Crippen LogP contribution is -2.13. The third kappa shape index (κ3) is 5.19. The molecule has 0 aliphatic carbocycles. The highest BCUT2D eigenvalue weighted by Crippen LogP contribution is 2.20. The molecule has 3 rings (SSSR count). The molecule has 3 aromatic rings. The van der Waals surface area contributed by atoms with E-state index in [9.17, 15) is 4.79 Å². The van der Waals surface area contributed by atoms with Gasteiger partial charge in [0.05, 0.1) is 12.2 Å². The van der Waals surface area contributed by atoms with E-state index in [4.69, 9.17) is 4.42 Å². The fraction of sp³-hybridized carbons (Fsp3) is 0.211. The molecule has 0 aliphatic heterocycles. The van der Waals surface area contributed by atoms with Gasteiger partial charge < -0.3 is 9.73 Å². The second kappa shape index (κ2) is 8.51. The Kier molecular flexibility index (Phi) is 6.11. The molecule has 1 aromatic heterocycles. The molecule has 0 saturated heterocycles. The summed E-state index contributed by atoms with van der Waals surface area (Å²) in [4.78, 5) is 12.0.